The Morgan fingerprint density at radius 3 is 2.73 bits per heavy atom. The Morgan fingerprint density at radius 2 is 1.95 bits per heavy atom. The number of carbonyl (C=O) groups is 2. The summed E-state index contributed by atoms with van der Waals surface area (Å²) >= 11 is 0. The minimum absolute atomic E-state index is 0.0489. The number of alkyl halides is 3. The number of carbonyl (C=O) groups excluding carboxylic acids is 2. The molecule has 3 saturated heterocycles. The van der Waals surface area contributed by atoms with Gasteiger partial charge in [-0.2, -0.15) is 13.2 Å². The van der Waals surface area contributed by atoms with Crippen LogP contribution in [0.4, 0.5) is 18.0 Å². The van der Waals surface area contributed by atoms with Gasteiger partial charge >= 0.3 is 12.3 Å². The lowest BCUT2D eigenvalue weighted by atomic mass is 9.79. The predicted molar refractivity (Wildman–Crippen MR) is 152 cm³/mol. The van der Waals surface area contributed by atoms with Gasteiger partial charge in [0.15, 0.2) is 0 Å². The zero-order valence-corrected chi connectivity index (χ0v) is 25.2. The lowest BCUT2D eigenvalue weighted by Crippen LogP contribution is -2.49. The Labute approximate surface area is 255 Å². The van der Waals surface area contributed by atoms with Gasteiger partial charge in [0.1, 0.15) is 6.10 Å². The quantitative estimate of drug-likeness (QED) is 0.474. The Kier molecular flexibility index (Phi) is 9.17. The van der Waals surface area contributed by atoms with Crippen LogP contribution in [-0.2, 0) is 42.9 Å². The molecule has 0 bridgehead atoms. The van der Waals surface area contributed by atoms with E-state index in [9.17, 15) is 22.8 Å². The predicted octanol–water partition coefficient (Wildman–Crippen LogP) is 3.90. The maximum Gasteiger partial charge on any atom is 0.417 e. The second-order valence-electron chi connectivity index (χ2n) is 12.8. The molecular formula is C31H41F3N4O6. The number of hydrogen-bond acceptors (Lipinski definition) is 8. The summed E-state index contributed by atoms with van der Waals surface area (Å²) in [6, 6.07) is 1.03. The third-order valence-corrected chi connectivity index (χ3v) is 10.0. The first kappa shape index (κ1) is 31.2. The van der Waals surface area contributed by atoms with Crippen molar-refractivity contribution < 1.29 is 41.7 Å². The van der Waals surface area contributed by atoms with E-state index in [0.717, 1.165) is 56.9 Å². The van der Waals surface area contributed by atoms with E-state index in [0.29, 0.717) is 69.3 Å². The average Bonchev–Trinajstić information content (AvgIpc) is 3.55. The Morgan fingerprint density at radius 1 is 1.16 bits per heavy atom. The number of likely N-dealkylation sites (tertiary alicyclic amines) is 1. The van der Waals surface area contributed by atoms with Crippen LogP contribution in [0.15, 0.2) is 17.3 Å². The second-order valence-corrected chi connectivity index (χ2v) is 12.8. The molecule has 0 N–H and O–H groups in total. The summed E-state index contributed by atoms with van der Waals surface area (Å²) in [6.07, 6.45) is 0.484. The molecule has 4 fully saturated rings. The van der Waals surface area contributed by atoms with Gasteiger partial charge in [-0.15, -0.1) is 0 Å². The first-order valence-electron chi connectivity index (χ1n) is 15.7. The van der Waals surface area contributed by atoms with Crippen molar-refractivity contribution in [1.82, 2.24) is 14.8 Å². The van der Waals surface area contributed by atoms with E-state index in [1.54, 1.807) is 16.9 Å². The summed E-state index contributed by atoms with van der Waals surface area (Å²) in [5, 5.41) is 0. The van der Waals surface area contributed by atoms with E-state index in [1.807, 2.05) is 0 Å². The summed E-state index contributed by atoms with van der Waals surface area (Å²) in [6.45, 7) is 3.79. The number of fused-ring (bicyclic) bond motifs is 2. The standard InChI is InChI=1S/C31H41F3N4O6/c1-41-27-18-43-10-6-26(27)36-24-13-23-17-38(29(40)44-11-5-20-3-8-42-9-4-20)19-30(23,14-24)28(39)37-7-2-25-21(16-37)12-22(15-35-25)31(32,33)34/h12,15,20,23,26-27H,2-11,13-14,16-19H2,1H3/t23-,26-,27+,30-/m0/s1. The smallest absolute Gasteiger partial charge is 0.417 e. The van der Waals surface area contributed by atoms with Gasteiger partial charge in [0.25, 0.3) is 0 Å². The van der Waals surface area contributed by atoms with Gasteiger partial charge in [-0.3, -0.25) is 14.8 Å². The minimum atomic E-state index is -4.52. The number of rotatable bonds is 6. The molecule has 5 aliphatic rings. The SMILES string of the molecule is CO[C@@H]1COCC[C@@H]1N=C1C[C@H]2CN(C(=O)OCCC3CCOCC3)C[C@@]2(C(=O)N2CCc3ncc(C(F)(F)F)cc3C2)C1. The zero-order valence-electron chi connectivity index (χ0n) is 25.2. The second kappa shape index (κ2) is 12.9. The number of halogens is 3. The molecule has 4 aliphatic heterocycles. The number of hydrogen-bond donors (Lipinski definition) is 0. The number of aromatic nitrogens is 1. The number of amides is 2. The van der Waals surface area contributed by atoms with E-state index in [-0.39, 0.29) is 37.1 Å². The lowest BCUT2D eigenvalue weighted by Gasteiger charge is -2.36. The van der Waals surface area contributed by atoms with Crippen molar-refractivity contribution in [2.45, 2.75) is 69.8 Å². The van der Waals surface area contributed by atoms with Crippen molar-refractivity contribution >= 4 is 17.7 Å². The van der Waals surface area contributed by atoms with E-state index in [1.165, 1.54) is 0 Å². The number of methoxy groups -OCH3 is 1. The van der Waals surface area contributed by atoms with Crippen molar-refractivity contribution in [3.63, 3.8) is 0 Å². The van der Waals surface area contributed by atoms with Gasteiger partial charge in [-0.25, -0.2) is 4.79 Å². The number of pyridine rings is 1. The molecular weight excluding hydrogens is 581 g/mol. The monoisotopic (exact) mass is 622 g/mol. The Bertz CT molecular complexity index is 1260. The van der Waals surface area contributed by atoms with E-state index >= 15 is 0 Å². The van der Waals surface area contributed by atoms with E-state index in [4.69, 9.17) is 23.9 Å². The maximum absolute atomic E-state index is 14.4. The maximum atomic E-state index is 14.4. The molecule has 2 amide bonds. The van der Waals surface area contributed by atoms with Gasteiger partial charge < -0.3 is 28.7 Å². The molecule has 1 saturated carbocycles. The zero-order chi connectivity index (χ0) is 30.9. The average molecular weight is 623 g/mol. The fourth-order valence-electron chi connectivity index (χ4n) is 7.53. The molecule has 0 radical (unpaired) electrons. The van der Waals surface area contributed by atoms with E-state index < -0.39 is 23.2 Å². The largest absolute Gasteiger partial charge is 0.449 e. The fraction of sp³-hybridized carbons (Fsp3) is 0.742. The summed E-state index contributed by atoms with van der Waals surface area (Å²) in [4.78, 5) is 40.0. The highest BCUT2D eigenvalue weighted by Crippen LogP contribution is 2.50. The number of aliphatic imine (C=N–C) groups is 1. The van der Waals surface area contributed by atoms with Crippen LogP contribution in [0.25, 0.3) is 0 Å². The summed E-state index contributed by atoms with van der Waals surface area (Å²) < 4.78 is 62.5. The Balaban J connectivity index is 1.19. The van der Waals surface area contributed by atoms with Crippen LogP contribution >= 0.6 is 0 Å². The number of ether oxygens (including phenoxy) is 4. The van der Waals surface area contributed by atoms with E-state index in [2.05, 4.69) is 4.98 Å². The molecule has 44 heavy (non-hydrogen) atoms. The van der Waals surface area contributed by atoms with Crippen molar-refractivity contribution in [2.24, 2.45) is 22.2 Å². The van der Waals surface area contributed by atoms with Crippen LogP contribution < -0.4 is 0 Å². The lowest BCUT2D eigenvalue weighted by molar-refractivity contribution is -0.143. The topological polar surface area (TPSA) is 103 Å². The van der Waals surface area contributed by atoms with Crippen LogP contribution in [0.1, 0.15) is 55.3 Å². The molecule has 13 heteroatoms. The molecule has 242 valence electrons. The van der Waals surface area contributed by atoms with Gasteiger partial charge in [0.2, 0.25) is 5.91 Å². The number of nitrogens with zero attached hydrogens (tertiary/aromatic N) is 4. The highest BCUT2D eigenvalue weighted by Gasteiger charge is 2.59. The molecule has 0 spiro atoms. The first-order valence-corrected chi connectivity index (χ1v) is 15.7. The molecule has 0 unspecified atom stereocenters. The summed E-state index contributed by atoms with van der Waals surface area (Å²) in [5.41, 5.74) is 0.168. The summed E-state index contributed by atoms with van der Waals surface area (Å²) in [5.74, 6) is 0.152. The van der Waals surface area contributed by atoms with Gasteiger partial charge in [-0.05, 0) is 55.6 Å². The molecule has 1 aromatic heterocycles. The van der Waals surface area contributed by atoms with Crippen molar-refractivity contribution in [1.29, 1.82) is 0 Å². The van der Waals surface area contributed by atoms with Gasteiger partial charge in [-0.1, -0.05) is 0 Å². The third kappa shape index (κ3) is 6.46. The van der Waals surface area contributed by atoms with Crippen LogP contribution in [0, 0.1) is 17.3 Å². The van der Waals surface area contributed by atoms with Crippen molar-refractivity contribution in [3.8, 4) is 0 Å². The molecule has 1 aromatic rings. The van der Waals surface area contributed by atoms with Crippen molar-refractivity contribution in [3.05, 3.63) is 29.1 Å². The van der Waals surface area contributed by atoms with Gasteiger partial charge in [0, 0.05) is 83.6 Å². The van der Waals surface area contributed by atoms with Crippen LogP contribution in [0.3, 0.4) is 0 Å². The summed E-state index contributed by atoms with van der Waals surface area (Å²) in [7, 11) is 1.64. The fourth-order valence-corrected chi connectivity index (χ4v) is 7.53. The highest BCUT2D eigenvalue weighted by atomic mass is 19.4. The molecule has 1 aliphatic carbocycles. The third-order valence-electron chi connectivity index (χ3n) is 10.0. The first-order chi connectivity index (χ1) is 21.2. The molecule has 6 rings (SSSR count). The molecule has 0 aromatic carbocycles. The Hall–Kier alpha value is -2.77. The van der Waals surface area contributed by atoms with Crippen molar-refractivity contribution in [2.75, 3.05) is 59.8 Å². The minimum Gasteiger partial charge on any atom is -0.449 e. The normalized spacial score (nSPS) is 30.4. The van der Waals surface area contributed by atoms with Crippen LogP contribution in [0.2, 0.25) is 0 Å². The van der Waals surface area contributed by atoms with Crippen LogP contribution in [-0.4, -0.2) is 104 Å². The molecule has 10 nitrogen and oxygen atoms in total. The van der Waals surface area contributed by atoms with Crippen LogP contribution in [0.5, 0.6) is 0 Å². The van der Waals surface area contributed by atoms with Gasteiger partial charge in [0.05, 0.1) is 30.2 Å². The molecule has 4 atom stereocenters. The highest BCUT2D eigenvalue weighted by molar-refractivity contribution is 5.98. The molecule has 5 heterocycles.